The van der Waals surface area contributed by atoms with Crippen LogP contribution in [0, 0.1) is 11.8 Å². The molecular weight excluding hydrogens is 721 g/mol. The molecule has 14 nitrogen and oxygen atoms in total. The maximum absolute atomic E-state index is 13.6. The first-order chi connectivity index (χ1) is 26.5. The lowest BCUT2D eigenvalue weighted by Gasteiger charge is -2.30. The van der Waals surface area contributed by atoms with Crippen molar-refractivity contribution in [3.05, 3.63) is 59.4 Å². The number of ether oxygens (including phenoxy) is 2. The molecule has 0 saturated carbocycles. The minimum Gasteiger partial charge on any atom is -0.453 e. The summed E-state index contributed by atoms with van der Waals surface area (Å²) in [4.78, 5) is 73.7. The highest BCUT2D eigenvalue weighted by atomic mass is 32.1. The normalized spacial score (nSPS) is 18.9. The summed E-state index contributed by atoms with van der Waals surface area (Å²) < 4.78 is 9.55. The number of benzene rings is 1. The van der Waals surface area contributed by atoms with Crippen molar-refractivity contribution in [3.8, 4) is 32.3 Å². The van der Waals surface area contributed by atoms with E-state index in [1.807, 2.05) is 49.9 Å². The standard InChI is InChI=1S/C40H50N8O6S/c1-21(2)32(45-39(51)53-5)37(49)47-15-7-9-29(47)35-41-19-27(43-35)24-13-14-26-23(17-24)11-12-25-18-31(55-34(25)26)28-20-42-36(44-28)30-10-8-16-48(30)38(50)33(22(3)4)46-40(52)54-6/h13-14,17-22,29-30,32-33H,7-12,15-16H2,1-6H3,(H,41,43)(H,42,44)(H,45,51)(H,46,52)/t29-,30-,32-,33-/m0/s1. The van der Waals surface area contributed by atoms with Gasteiger partial charge in [0.05, 0.1) is 55.0 Å². The number of carbonyl (C=O) groups excluding carboxylic acids is 4. The van der Waals surface area contributed by atoms with Crippen molar-refractivity contribution in [3.63, 3.8) is 0 Å². The number of aryl methyl sites for hydroxylation is 2. The highest BCUT2D eigenvalue weighted by molar-refractivity contribution is 7.19. The van der Waals surface area contributed by atoms with Gasteiger partial charge in [-0.3, -0.25) is 9.59 Å². The quantitative estimate of drug-likeness (QED) is 0.144. The predicted molar refractivity (Wildman–Crippen MR) is 208 cm³/mol. The number of carbonyl (C=O) groups is 4. The lowest BCUT2D eigenvalue weighted by Crippen LogP contribution is -2.51. The zero-order chi connectivity index (χ0) is 39.0. The number of aromatic nitrogens is 4. The van der Waals surface area contributed by atoms with Gasteiger partial charge in [0.25, 0.3) is 0 Å². The monoisotopic (exact) mass is 770 g/mol. The van der Waals surface area contributed by atoms with Crippen LogP contribution in [0.5, 0.6) is 0 Å². The van der Waals surface area contributed by atoms with E-state index in [4.69, 9.17) is 19.4 Å². The summed E-state index contributed by atoms with van der Waals surface area (Å²) in [5.74, 6) is 1.03. The fourth-order valence-corrected chi connectivity index (χ4v) is 9.34. The van der Waals surface area contributed by atoms with Gasteiger partial charge < -0.3 is 39.9 Å². The van der Waals surface area contributed by atoms with E-state index in [1.54, 1.807) is 11.3 Å². The molecule has 1 aromatic carbocycles. The summed E-state index contributed by atoms with van der Waals surface area (Å²) >= 11 is 1.74. The van der Waals surface area contributed by atoms with Gasteiger partial charge in [0.15, 0.2) is 0 Å². The number of fused-ring (bicyclic) bond motifs is 3. The lowest BCUT2D eigenvalue weighted by atomic mass is 9.89. The maximum Gasteiger partial charge on any atom is 0.407 e. The number of methoxy groups -OCH3 is 2. The second kappa shape index (κ2) is 15.9. The van der Waals surface area contributed by atoms with Crippen LogP contribution < -0.4 is 10.6 Å². The molecule has 2 aliphatic heterocycles. The van der Waals surface area contributed by atoms with E-state index in [0.29, 0.717) is 13.1 Å². The molecule has 2 saturated heterocycles. The lowest BCUT2D eigenvalue weighted by molar-refractivity contribution is -0.136. The van der Waals surface area contributed by atoms with Gasteiger partial charge in [-0.05, 0) is 84.7 Å². The van der Waals surface area contributed by atoms with E-state index in [1.165, 1.54) is 35.8 Å². The van der Waals surface area contributed by atoms with Crippen molar-refractivity contribution in [1.29, 1.82) is 0 Å². The Labute approximate surface area is 324 Å². The molecule has 15 heteroatoms. The molecule has 0 radical (unpaired) electrons. The Bertz CT molecular complexity index is 2070. The smallest absolute Gasteiger partial charge is 0.407 e. The largest absolute Gasteiger partial charge is 0.453 e. The summed E-state index contributed by atoms with van der Waals surface area (Å²) in [5, 5.41) is 5.42. The Morgan fingerprint density at radius 3 is 1.84 bits per heavy atom. The van der Waals surface area contributed by atoms with Crippen molar-refractivity contribution in [2.45, 2.75) is 90.4 Å². The van der Waals surface area contributed by atoms with Crippen LogP contribution in [0.4, 0.5) is 9.59 Å². The van der Waals surface area contributed by atoms with Crippen molar-refractivity contribution < 1.29 is 28.7 Å². The molecule has 4 amide bonds. The molecule has 3 aliphatic rings. The summed E-state index contributed by atoms with van der Waals surface area (Å²) in [6.07, 6.45) is 7.58. The number of nitrogens with zero attached hydrogens (tertiary/aromatic N) is 4. The van der Waals surface area contributed by atoms with Crippen molar-refractivity contribution in [2.75, 3.05) is 27.3 Å². The van der Waals surface area contributed by atoms with Crippen molar-refractivity contribution in [2.24, 2.45) is 11.8 Å². The van der Waals surface area contributed by atoms with Crippen LogP contribution in [-0.2, 0) is 31.9 Å². The van der Waals surface area contributed by atoms with E-state index in [9.17, 15) is 19.2 Å². The molecule has 7 rings (SSSR count). The second-order valence-electron chi connectivity index (χ2n) is 15.3. The van der Waals surface area contributed by atoms with Crippen LogP contribution in [0.15, 0.2) is 36.7 Å². The van der Waals surface area contributed by atoms with Crippen LogP contribution in [0.2, 0.25) is 0 Å². The second-order valence-corrected chi connectivity index (χ2v) is 16.3. The van der Waals surface area contributed by atoms with Gasteiger partial charge in [0.1, 0.15) is 23.7 Å². The number of likely N-dealkylation sites (tertiary alicyclic amines) is 2. The first-order valence-electron chi connectivity index (χ1n) is 19.1. The number of amides is 4. The van der Waals surface area contributed by atoms with Gasteiger partial charge in [-0.25, -0.2) is 19.6 Å². The van der Waals surface area contributed by atoms with Crippen molar-refractivity contribution in [1.82, 2.24) is 40.4 Å². The fraction of sp³-hybridized carbons (Fsp3) is 0.500. The molecule has 4 N–H and O–H groups in total. The van der Waals surface area contributed by atoms with Crippen LogP contribution in [0.25, 0.3) is 32.3 Å². The Morgan fingerprint density at radius 1 is 0.764 bits per heavy atom. The van der Waals surface area contributed by atoms with E-state index in [0.717, 1.165) is 72.0 Å². The Hall–Kier alpha value is -5.18. The van der Waals surface area contributed by atoms with E-state index in [2.05, 4.69) is 44.9 Å². The molecule has 55 heavy (non-hydrogen) atoms. The van der Waals surface area contributed by atoms with Crippen molar-refractivity contribution >= 4 is 35.3 Å². The molecule has 4 aromatic rings. The van der Waals surface area contributed by atoms with Gasteiger partial charge in [-0.1, -0.05) is 39.8 Å². The van der Waals surface area contributed by atoms with Gasteiger partial charge in [0, 0.05) is 18.0 Å². The molecule has 0 bridgehead atoms. The Balaban J connectivity index is 1.06. The average Bonchev–Trinajstić information content (AvgIpc) is 4.03. The SMILES string of the molecule is COC(=O)N[C@H](C(=O)N1CCC[C@H]1c1ncc(-c2ccc3c(c2)CCc2cc(-c4cnc([C@@H]5CCCN5C(=O)[C@@H](NC(=O)OC)C(C)C)[nH]4)sc2-3)[nH]1)C(C)C. The van der Waals surface area contributed by atoms with Gasteiger partial charge in [-0.2, -0.15) is 0 Å². The van der Waals surface area contributed by atoms with E-state index in [-0.39, 0.29) is 35.7 Å². The Kier molecular flexibility index (Phi) is 11.0. The van der Waals surface area contributed by atoms with Gasteiger partial charge in [0.2, 0.25) is 11.8 Å². The maximum atomic E-state index is 13.6. The predicted octanol–water partition coefficient (Wildman–Crippen LogP) is 6.38. The zero-order valence-electron chi connectivity index (χ0n) is 32.2. The molecule has 292 valence electrons. The Morgan fingerprint density at radius 2 is 1.29 bits per heavy atom. The zero-order valence-corrected chi connectivity index (χ0v) is 33.0. The number of aromatic amines is 2. The van der Waals surface area contributed by atoms with E-state index >= 15 is 0 Å². The first-order valence-corrected chi connectivity index (χ1v) is 20.0. The summed E-state index contributed by atoms with van der Waals surface area (Å²) in [6, 6.07) is 7.03. The molecule has 0 spiro atoms. The number of alkyl carbamates (subject to hydrolysis) is 2. The molecular formula is C40H50N8O6S. The molecule has 3 aromatic heterocycles. The van der Waals surface area contributed by atoms with Crippen LogP contribution in [0.1, 0.15) is 88.2 Å². The summed E-state index contributed by atoms with van der Waals surface area (Å²) in [6.45, 7) is 8.84. The highest BCUT2D eigenvalue weighted by Gasteiger charge is 2.39. The van der Waals surface area contributed by atoms with Crippen LogP contribution in [-0.4, -0.2) is 93.1 Å². The number of hydrogen-bond acceptors (Lipinski definition) is 9. The highest BCUT2D eigenvalue weighted by Crippen LogP contribution is 2.44. The first kappa shape index (κ1) is 38.1. The van der Waals surface area contributed by atoms with E-state index < -0.39 is 24.3 Å². The number of thiophene rings is 1. The summed E-state index contributed by atoms with van der Waals surface area (Å²) in [7, 11) is 2.59. The third kappa shape index (κ3) is 7.58. The van der Waals surface area contributed by atoms with Gasteiger partial charge in [-0.15, -0.1) is 11.3 Å². The number of H-pyrrole nitrogens is 2. The van der Waals surface area contributed by atoms with Gasteiger partial charge >= 0.3 is 12.2 Å². The molecule has 0 unspecified atom stereocenters. The summed E-state index contributed by atoms with van der Waals surface area (Å²) in [5.41, 5.74) is 6.65. The average molecular weight is 771 g/mol. The fourth-order valence-electron chi connectivity index (χ4n) is 8.10. The third-order valence-electron chi connectivity index (χ3n) is 11.1. The molecule has 1 aliphatic carbocycles. The number of hydrogen-bond donors (Lipinski definition) is 4. The third-order valence-corrected chi connectivity index (χ3v) is 12.3. The minimum absolute atomic E-state index is 0.102. The molecule has 4 atom stereocenters. The minimum atomic E-state index is -0.685. The van der Waals surface area contributed by atoms with Crippen LogP contribution in [0.3, 0.4) is 0 Å². The number of nitrogens with one attached hydrogen (secondary N) is 4. The molecule has 5 heterocycles. The number of rotatable bonds is 10. The topological polar surface area (TPSA) is 175 Å². The molecule has 2 fully saturated rings. The van der Waals surface area contributed by atoms with Crippen LogP contribution >= 0.6 is 11.3 Å². The number of imidazole rings is 2.